The summed E-state index contributed by atoms with van der Waals surface area (Å²) >= 11 is 5.25. The van der Waals surface area contributed by atoms with Crippen LogP contribution in [-0.2, 0) is 19.5 Å². The van der Waals surface area contributed by atoms with Crippen molar-refractivity contribution in [1.29, 1.82) is 0 Å². The number of para-hydroxylation sites is 1. The lowest BCUT2D eigenvalue weighted by atomic mass is 10.1. The van der Waals surface area contributed by atoms with Crippen LogP contribution in [-0.4, -0.2) is 0 Å². The molecule has 0 saturated carbocycles. The average Bonchev–Trinajstić information content (AvgIpc) is 3.03. The van der Waals surface area contributed by atoms with Crippen LogP contribution in [0, 0.1) is 0 Å². The zero-order valence-electron chi connectivity index (χ0n) is 11.3. The second-order valence-electron chi connectivity index (χ2n) is 4.69. The van der Waals surface area contributed by atoms with Gasteiger partial charge in [-0.25, -0.2) is 0 Å². The quantitative estimate of drug-likeness (QED) is 0.692. The van der Waals surface area contributed by atoms with Crippen LogP contribution in [0.1, 0.15) is 23.1 Å². The Morgan fingerprint density at radius 3 is 2.85 bits per heavy atom. The van der Waals surface area contributed by atoms with Crippen molar-refractivity contribution in [3.63, 3.8) is 0 Å². The van der Waals surface area contributed by atoms with Crippen LogP contribution in [0.3, 0.4) is 0 Å². The van der Waals surface area contributed by atoms with Gasteiger partial charge in [0.1, 0.15) is 11.3 Å². The Bertz CT molecular complexity index is 716. The number of furan rings is 1. The molecule has 0 atom stereocenters. The van der Waals surface area contributed by atoms with Gasteiger partial charge in [0, 0.05) is 45.2 Å². The Morgan fingerprint density at radius 1 is 1.25 bits per heavy atom. The molecule has 3 rings (SSSR count). The molecule has 20 heavy (non-hydrogen) atoms. The van der Waals surface area contributed by atoms with Crippen LogP contribution >= 0.6 is 27.3 Å². The maximum absolute atomic E-state index is 5.91. The average molecular weight is 350 g/mol. The smallest absolute Gasteiger partial charge is 0.134 e. The van der Waals surface area contributed by atoms with Crippen LogP contribution < -0.4 is 5.32 Å². The van der Waals surface area contributed by atoms with E-state index in [1.807, 2.05) is 12.1 Å². The fourth-order valence-electron chi connectivity index (χ4n) is 2.39. The molecule has 0 bridgehead atoms. The molecule has 2 heterocycles. The lowest BCUT2D eigenvalue weighted by molar-refractivity contribution is 0.544. The van der Waals surface area contributed by atoms with Crippen molar-refractivity contribution >= 4 is 38.2 Å². The fraction of sp³-hybridized carbons (Fsp3) is 0.250. The molecule has 0 spiro atoms. The highest BCUT2D eigenvalue weighted by atomic mass is 79.9. The van der Waals surface area contributed by atoms with Crippen LogP contribution in [0.4, 0.5) is 0 Å². The first-order valence-corrected chi connectivity index (χ1v) is 8.38. The van der Waals surface area contributed by atoms with Crippen LogP contribution in [0.15, 0.2) is 44.6 Å². The van der Waals surface area contributed by atoms with E-state index in [-0.39, 0.29) is 0 Å². The summed E-state index contributed by atoms with van der Waals surface area (Å²) < 4.78 is 7.07. The molecule has 1 N–H and O–H groups in total. The molecule has 0 saturated heterocycles. The molecule has 1 aromatic carbocycles. The third-order valence-corrected chi connectivity index (χ3v) is 5.02. The van der Waals surface area contributed by atoms with Crippen molar-refractivity contribution in [2.75, 3.05) is 0 Å². The van der Waals surface area contributed by atoms with E-state index >= 15 is 0 Å². The largest absolute Gasteiger partial charge is 0.461 e. The van der Waals surface area contributed by atoms with Gasteiger partial charge in [-0.15, -0.1) is 11.3 Å². The summed E-state index contributed by atoms with van der Waals surface area (Å²) in [6.07, 6.45) is 0.927. The lowest BCUT2D eigenvalue weighted by Gasteiger charge is -2.03. The SMILES string of the molecule is CCc1oc2ccccc2c1CNCc1cc(Br)cs1. The molecule has 2 aromatic heterocycles. The number of halogens is 1. The molecule has 4 heteroatoms. The predicted octanol–water partition coefficient (Wildman–Crippen LogP) is 5.11. The second kappa shape index (κ2) is 6.12. The molecule has 0 unspecified atom stereocenters. The van der Waals surface area contributed by atoms with Gasteiger partial charge in [-0.1, -0.05) is 25.1 Å². The number of hydrogen-bond acceptors (Lipinski definition) is 3. The number of fused-ring (bicyclic) bond motifs is 1. The maximum Gasteiger partial charge on any atom is 0.134 e. The summed E-state index contributed by atoms with van der Waals surface area (Å²) in [5.41, 5.74) is 2.28. The molecule has 0 aliphatic carbocycles. The van der Waals surface area contributed by atoms with Crippen molar-refractivity contribution in [3.8, 4) is 0 Å². The van der Waals surface area contributed by atoms with Gasteiger partial charge in [0.2, 0.25) is 0 Å². The van der Waals surface area contributed by atoms with Crippen LogP contribution in [0.25, 0.3) is 11.0 Å². The summed E-state index contributed by atoms with van der Waals surface area (Å²) in [6.45, 7) is 3.87. The third kappa shape index (κ3) is 2.82. The van der Waals surface area contributed by atoms with Crippen molar-refractivity contribution in [1.82, 2.24) is 5.32 Å². The number of hydrogen-bond donors (Lipinski definition) is 1. The highest BCUT2D eigenvalue weighted by Crippen LogP contribution is 2.26. The van der Waals surface area contributed by atoms with E-state index in [1.165, 1.54) is 15.8 Å². The lowest BCUT2D eigenvalue weighted by Crippen LogP contribution is -2.12. The number of rotatable bonds is 5. The number of aryl methyl sites for hydroxylation is 1. The molecular formula is C16H16BrNOS. The molecule has 0 amide bonds. The molecule has 3 aromatic rings. The first-order chi connectivity index (χ1) is 9.78. The van der Waals surface area contributed by atoms with E-state index in [1.54, 1.807) is 11.3 Å². The fourth-order valence-corrected chi connectivity index (χ4v) is 3.81. The Morgan fingerprint density at radius 2 is 2.10 bits per heavy atom. The Kier molecular flexibility index (Phi) is 4.24. The minimum Gasteiger partial charge on any atom is -0.461 e. The van der Waals surface area contributed by atoms with E-state index in [0.717, 1.165) is 35.3 Å². The molecule has 0 aliphatic rings. The Hall–Kier alpha value is -1.10. The minimum absolute atomic E-state index is 0.843. The summed E-state index contributed by atoms with van der Waals surface area (Å²) in [5.74, 6) is 1.09. The van der Waals surface area contributed by atoms with E-state index in [4.69, 9.17) is 4.42 Å². The van der Waals surface area contributed by atoms with Gasteiger partial charge in [-0.3, -0.25) is 0 Å². The highest BCUT2D eigenvalue weighted by molar-refractivity contribution is 9.10. The summed E-state index contributed by atoms with van der Waals surface area (Å²) in [6, 6.07) is 10.4. The van der Waals surface area contributed by atoms with Crippen molar-refractivity contribution in [3.05, 3.63) is 56.4 Å². The van der Waals surface area contributed by atoms with Crippen LogP contribution in [0.2, 0.25) is 0 Å². The van der Waals surface area contributed by atoms with Gasteiger partial charge in [-0.2, -0.15) is 0 Å². The van der Waals surface area contributed by atoms with E-state index in [0.29, 0.717) is 0 Å². The molecular weight excluding hydrogens is 334 g/mol. The number of nitrogens with one attached hydrogen (secondary N) is 1. The monoisotopic (exact) mass is 349 g/mol. The van der Waals surface area contributed by atoms with Gasteiger partial charge in [-0.05, 0) is 28.1 Å². The molecule has 104 valence electrons. The first-order valence-electron chi connectivity index (χ1n) is 6.71. The normalized spacial score (nSPS) is 11.3. The Labute approximate surface area is 130 Å². The number of thiophene rings is 1. The van der Waals surface area contributed by atoms with Gasteiger partial charge in [0.05, 0.1) is 0 Å². The van der Waals surface area contributed by atoms with Gasteiger partial charge in [0.25, 0.3) is 0 Å². The van der Waals surface area contributed by atoms with E-state index in [9.17, 15) is 0 Å². The zero-order chi connectivity index (χ0) is 13.9. The summed E-state index contributed by atoms with van der Waals surface area (Å²) in [5, 5.41) is 6.85. The van der Waals surface area contributed by atoms with Crippen molar-refractivity contribution in [2.24, 2.45) is 0 Å². The van der Waals surface area contributed by atoms with Crippen molar-refractivity contribution < 1.29 is 4.42 Å². The highest BCUT2D eigenvalue weighted by Gasteiger charge is 2.11. The maximum atomic E-state index is 5.91. The van der Waals surface area contributed by atoms with Gasteiger partial charge < -0.3 is 9.73 Å². The molecule has 0 radical (unpaired) electrons. The summed E-state index contributed by atoms with van der Waals surface area (Å²) in [7, 11) is 0. The molecule has 0 fully saturated rings. The van der Waals surface area contributed by atoms with E-state index in [2.05, 4.69) is 51.7 Å². The Balaban J connectivity index is 1.76. The zero-order valence-corrected chi connectivity index (χ0v) is 13.7. The predicted molar refractivity (Wildman–Crippen MR) is 88.2 cm³/mol. The van der Waals surface area contributed by atoms with Crippen LogP contribution in [0.5, 0.6) is 0 Å². The van der Waals surface area contributed by atoms with Gasteiger partial charge in [0.15, 0.2) is 0 Å². The summed E-state index contributed by atoms with van der Waals surface area (Å²) in [4.78, 5) is 1.34. The third-order valence-electron chi connectivity index (χ3n) is 3.33. The van der Waals surface area contributed by atoms with Gasteiger partial charge >= 0.3 is 0 Å². The standard InChI is InChI=1S/C16H16BrNOS/c1-2-15-14(13-5-3-4-6-16(13)19-15)9-18-8-12-7-11(17)10-20-12/h3-7,10,18H,2,8-9H2,1H3. The number of benzene rings is 1. The topological polar surface area (TPSA) is 25.2 Å². The first kappa shape index (κ1) is 13.9. The molecule has 2 nitrogen and oxygen atoms in total. The van der Waals surface area contributed by atoms with E-state index < -0.39 is 0 Å². The van der Waals surface area contributed by atoms with Crippen molar-refractivity contribution in [2.45, 2.75) is 26.4 Å². The molecule has 0 aliphatic heterocycles. The second-order valence-corrected chi connectivity index (χ2v) is 6.60. The minimum atomic E-state index is 0.843.